The largest absolute Gasteiger partial charge is 0.502 e. The van der Waals surface area contributed by atoms with E-state index in [1.54, 1.807) is 39.0 Å². The maximum Gasteiger partial charge on any atom is 0.343 e. The standard InChI is InChI=1S/C28H26BrN3O10S/c1-5-40-20-10-15(7-8-19(20)42-13-22(33)39-4)24-23(27(36)41-6-2)14(3)30-28-31(24)26(35)21(43-28)11-16-9-17(29)12-18(25(16)34)32(37)38/h7-12,24,34H,5-6,13H2,1-4H3/b21-11+/t24-/m0/s1. The highest BCUT2D eigenvalue weighted by Gasteiger charge is 2.34. The fourth-order valence-corrected chi connectivity index (χ4v) is 5.88. The van der Waals surface area contributed by atoms with E-state index in [1.807, 2.05) is 0 Å². The second-order valence-corrected chi connectivity index (χ2v) is 10.9. The van der Waals surface area contributed by atoms with Crippen LogP contribution in [0.2, 0.25) is 0 Å². The third-order valence-electron chi connectivity index (χ3n) is 6.24. The van der Waals surface area contributed by atoms with Crippen LogP contribution in [0.25, 0.3) is 6.08 Å². The Morgan fingerprint density at radius 2 is 1.93 bits per heavy atom. The molecule has 15 heteroatoms. The Labute approximate surface area is 256 Å². The number of aromatic nitrogens is 1. The van der Waals surface area contributed by atoms with Gasteiger partial charge in [-0.2, -0.15) is 0 Å². The van der Waals surface area contributed by atoms with Crippen molar-refractivity contribution in [2.75, 3.05) is 26.9 Å². The Balaban J connectivity index is 1.94. The van der Waals surface area contributed by atoms with Crippen molar-refractivity contribution < 1.29 is 38.6 Å². The number of halogens is 1. The first kappa shape index (κ1) is 31.4. The summed E-state index contributed by atoms with van der Waals surface area (Å²) in [5.41, 5.74) is -0.165. The van der Waals surface area contributed by atoms with Crippen molar-refractivity contribution in [3.05, 3.63) is 87.0 Å². The van der Waals surface area contributed by atoms with E-state index in [2.05, 4.69) is 25.7 Å². The predicted molar refractivity (Wildman–Crippen MR) is 158 cm³/mol. The van der Waals surface area contributed by atoms with E-state index in [-0.39, 0.29) is 51.8 Å². The number of rotatable bonds is 10. The molecule has 0 bridgehead atoms. The Hall–Kier alpha value is -4.50. The number of nitrogens with zero attached hydrogens (tertiary/aromatic N) is 3. The minimum Gasteiger partial charge on any atom is -0.502 e. The van der Waals surface area contributed by atoms with Gasteiger partial charge in [0.15, 0.2) is 22.9 Å². The molecule has 0 amide bonds. The van der Waals surface area contributed by atoms with Gasteiger partial charge >= 0.3 is 17.6 Å². The molecule has 226 valence electrons. The predicted octanol–water partition coefficient (Wildman–Crippen LogP) is 3.13. The first-order valence-corrected chi connectivity index (χ1v) is 14.4. The normalized spacial score (nSPS) is 14.5. The first-order valence-electron chi connectivity index (χ1n) is 12.8. The van der Waals surface area contributed by atoms with Crippen LogP contribution in [0.1, 0.15) is 37.9 Å². The molecule has 1 aromatic heterocycles. The van der Waals surface area contributed by atoms with E-state index in [1.165, 1.54) is 23.8 Å². The summed E-state index contributed by atoms with van der Waals surface area (Å²) in [7, 11) is 1.24. The van der Waals surface area contributed by atoms with Crippen LogP contribution in [0.5, 0.6) is 17.2 Å². The number of benzene rings is 2. The molecule has 0 fully saturated rings. The molecular formula is C28H26BrN3O10S. The van der Waals surface area contributed by atoms with Crippen LogP contribution < -0.4 is 24.4 Å². The molecular weight excluding hydrogens is 650 g/mol. The lowest BCUT2D eigenvalue weighted by atomic mass is 9.95. The second kappa shape index (κ2) is 13.2. The molecule has 0 unspecified atom stereocenters. The van der Waals surface area contributed by atoms with E-state index in [0.717, 1.165) is 17.4 Å². The number of methoxy groups -OCH3 is 1. The van der Waals surface area contributed by atoms with Gasteiger partial charge in [-0.25, -0.2) is 14.6 Å². The zero-order valence-corrected chi connectivity index (χ0v) is 25.8. The number of carbonyl (C=O) groups excluding carboxylic acids is 2. The molecule has 1 atom stereocenters. The maximum absolute atomic E-state index is 13.9. The fourth-order valence-electron chi connectivity index (χ4n) is 4.38. The topological polar surface area (TPSA) is 169 Å². The van der Waals surface area contributed by atoms with Gasteiger partial charge in [0, 0.05) is 16.1 Å². The summed E-state index contributed by atoms with van der Waals surface area (Å²) < 4.78 is 23.0. The lowest BCUT2D eigenvalue weighted by Crippen LogP contribution is -2.40. The molecule has 1 aliphatic heterocycles. The van der Waals surface area contributed by atoms with E-state index in [4.69, 9.17) is 14.2 Å². The lowest BCUT2D eigenvalue weighted by molar-refractivity contribution is -0.385. The number of hydrogen-bond donors (Lipinski definition) is 1. The molecule has 0 spiro atoms. The summed E-state index contributed by atoms with van der Waals surface area (Å²) in [6.07, 6.45) is 1.33. The molecule has 43 heavy (non-hydrogen) atoms. The van der Waals surface area contributed by atoms with E-state index in [0.29, 0.717) is 15.7 Å². The van der Waals surface area contributed by atoms with Gasteiger partial charge in [-0.1, -0.05) is 33.3 Å². The molecule has 2 aromatic carbocycles. The van der Waals surface area contributed by atoms with Crippen LogP contribution in [-0.2, 0) is 19.1 Å². The van der Waals surface area contributed by atoms with Crippen molar-refractivity contribution in [2.45, 2.75) is 26.8 Å². The van der Waals surface area contributed by atoms with Gasteiger partial charge in [-0.3, -0.25) is 19.5 Å². The van der Waals surface area contributed by atoms with Crippen molar-refractivity contribution in [3.63, 3.8) is 0 Å². The third-order valence-corrected chi connectivity index (χ3v) is 7.68. The smallest absolute Gasteiger partial charge is 0.343 e. The zero-order valence-electron chi connectivity index (χ0n) is 23.4. The average Bonchev–Trinajstić information content (AvgIpc) is 3.27. The Morgan fingerprint density at radius 3 is 2.58 bits per heavy atom. The van der Waals surface area contributed by atoms with Crippen LogP contribution >= 0.6 is 27.3 Å². The minimum absolute atomic E-state index is 0.0370. The number of phenolic OH excluding ortho intramolecular Hbond substituents is 1. The number of ether oxygens (including phenoxy) is 4. The van der Waals surface area contributed by atoms with Crippen LogP contribution in [0, 0.1) is 10.1 Å². The highest BCUT2D eigenvalue weighted by molar-refractivity contribution is 9.10. The van der Waals surface area contributed by atoms with E-state index >= 15 is 0 Å². The summed E-state index contributed by atoms with van der Waals surface area (Å²) in [4.78, 5) is 54.2. The Morgan fingerprint density at radius 1 is 1.19 bits per heavy atom. The molecule has 0 radical (unpaired) electrons. The van der Waals surface area contributed by atoms with Crippen molar-refractivity contribution >= 4 is 51.0 Å². The number of thiazole rings is 1. The molecule has 4 rings (SSSR count). The fraction of sp³-hybridized carbons (Fsp3) is 0.286. The number of esters is 2. The number of carbonyl (C=O) groups is 2. The van der Waals surface area contributed by atoms with Crippen LogP contribution in [-0.4, -0.2) is 53.5 Å². The van der Waals surface area contributed by atoms with E-state index < -0.39 is 39.9 Å². The van der Waals surface area contributed by atoms with Crippen molar-refractivity contribution in [1.29, 1.82) is 0 Å². The number of phenols is 1. The van der Waals surface area contributed by atoms with Crippen LogP contribution in [0.4, 0.5) is 5.69 Å². The maximum atomic E-state index is 13.9. The molecule has 1 N–H and O–H groups in total. The van der Waals surface area contributed by atoms with Crippen molar-refractivity contribution in [1.82, 2.24) is 4.57 Å². The van der Waals surface area contributed by atoms with Gasteiger partial charge < -0.3 is 24.1 Å². The summed E-state index contributed by atoms with van der Waals surface area (Å²) in [5, 5.41) is 22.0. The molecule has 2 heterocycles. The highest BCUT2D eigenvalue weighted by atomic mass is 79.9. The van der Waals surface area contributed by atoms with Crippen LogP contribution in [0.15, 0.2) is 55.9 Å². The van der Waals surface area contributed by atoms with Gasteiger partial charge in [-0.15, -0.1) is 0 Å². The Bertz CT molecular complexity index is 1830. The first-order chi connectivity index (χ1) is 20.5. The molecule has 0 aliphatic carbocycles. The molecule has 0 saturated heterocycles. The number of fused-ring (bicyclic) bond motifs is 1. The number of nitro groups is 1. The number of nitro benzene ring substituents is 1. The quantitative estimate of drug-likeness (QED) is 0.191. The van der Waals surface area contributed by atoms with E-state index in [9.17, 15) is 29.6 Å². The van der Waals surface area contributed by atoms with Crippen molar-refractivity contribution in [2.24, 2.45) is 4.99 Å². The summed E-state index contributed by atoms with van der Waals surface area (Å²) in [6.45, 7) is 5.01. The lowest BCUT2D eigenvalue weighted by Gasteiger charge is -2.25. The van der Waals surface area contributed by atoms with Gasteiger partial charge in [0.1, 0.15) is 0 Å². The highest BCUT2D eigenvalue weighted by Crippen LogP contribution is 2.37. The number of allylic oxidation sites excluding steroid dienone is 1. The van der Waals surface area contributed by atoms with Gasteiger partial charge in [-0.05, 0) is 50.6 Å². The number of hydrogen-bond acceptors (Lipinski definition) is 12. The molecule has 3 aromatic rings. The van der Waals surface area contributed by atoms with Crippen molar-refractivity contribution in [3.8, 4) is 17.2 Å². The van der Waals surface area contributed by atoms with Crippen LogP contribution in [0.3, 0.4) is 0 Å². The SMILES string of the molecule is CCOC(=O)C1=C(C)N=c2s/c(=C/c3cc(Br)cc([N+](=O)[O-])c3O)c(=O)n2[C@H]1c1ccc(OCC(=O)OC)c(OCC)c1. The van der Waals surface area contributed by atoms with Gasteiger partial charge in [0.25, 0.3) is 5.56 Å². The summed E-state index contributed by atoms with van der Waals surface area (Å²) >= 11 is 4.18. The Kier molecular flexibility index (Phi) is 9.66. The minimum atomic E-state index is -1.00. The average molecular weight is 676 g/mol. The monoisotopic (exact) mass is 675 g/mol. The second-order valence-electron chi connectivity index (χ2n) is 8.93. The summed E-state index contributed by atoms with van der Waals surface area (Å²) in [5.74, 6) is -1.37. The zero-order chi connectivity index (χ0) is 31.4. The summed E-state index contributed by atoms with van der Waals surface area (Å²) in [6, 6.07) is 6.36. The van der Waals surface area contributed by atoms with Gasteiger partial charge in [0.2, 0.25) is 5.75 Å². The third kappa shape index (κ3) is 6.46. The number of aromatic hydroxyl groups is 1. The molecule has 13 nitrogen and oxygen atoms in total. The molecule has 0 saturated carbocycles. The van der Waals surface area contributed by atoms with Gasteiger partial charge in [0.05, 0.1) is 47.1 Å². The molecule has 1 aliphatic rings.